The van der Waals surface area contributed by atoms with Crippen molar-refractivity contribution in [3.63, 3.8) is 0 Å². The molecule has 2 N–H and O–H groups in total. The van der Waals surface area contributed by atoms with Crippen LogP contribution in [0.15, 0.2) is 133 Å². The fourth-order valence-corrected chi connectivity index (χ4v) is 13.2. The molecule has 1 aliphatic heterocycles. The van der Waals surface area contributed by atoms with Gasteiger partial charge in [0.2, 0.25) is 0 Å². The molecule has 0 radical (unpaired) electrons. The summed E-state index contributed by atoms with van der Waals surface area (Å²) in [5.41, 5.74) is -1.50. The lowest BCUT2D eigenvalue weighted by Crippen LogP contribution is -2.66. The van der Waals surface area contributed by atoms with Crippen molar-refractivity contribution in [2.45, 2.75) is 128 Å². The Kier molecular flexibility index (Phi) is 17.3. The van der Waals surface area contributed by atoms with Gasteiger partial charge >= 0.3 is 12.1 Å². The summed E-state index contributed by atoms with van der Waals surface area (Å²) in [7, 11) is -1.42. The van der Waals surface area contributed by atoms with Crippen LogP contribution in [0.25, 0.3) is 0 Å². The molecule has 1 unspecified atom stereocenters. The first-order valence-electron chi connectivity index (χ1n) is 21.7. The highest BCUT2D eigenvalue weighted by molar-refractivity contribution is 6.99. The van der Waals surface area contributed by atoms with Crippen molar-refractivity contribution < 1.29 is 47.9 Å². The molecular formula is C51H66O10Si. The van der Waals surface area contributed by atoms with Gasteiger partial charge in [-0.2, -0.15) is 0 Å². The number of hydrogen-bond donors (Lipinski definition) is 2. The average molecular weight is 867 g/mol. The zero-order valence-corrected chi connectivity index (χ0v) is 38.4. The summed E-state index contributed by atoms with van der Waals surface area (Å²) in [4.78, 5) is 25.2. The monoisotopic (exact) mass is 866 g/mol. The van der Waals surface area contributed by atoms with Gasteiger partial charge in [-0.05, 0) is 59.3 Å². The zero-order valence-electron chi connectivity index (χ0n) is 37.4. The molecule has 4 aromatic rings. The minimum atomic E-state index is -2.66. The molecule has 7 atom stereocenters. The lowest BCUT2D eigenvalue weighted by atomic mass is 9.79. The number of carbonyl (C=O) groups excluding carboxylic acids is 2. The number of cyclic esters (lactones) is 2. The number of rotatable bonds is 22. The zero-order chi connectivity index (χ0) is 44.8. The normalized spacial score (nSPS) is 20.0. The molecule has 0 aliphatic carbocycles. The van der Waals surface area contributed by atoms with Gasteiger partial charge in [-0.15, -0.1) is 0 Å². The lowest BCUT2D eigenvalue weighted by molar-refractivity contribution is -0.233. The minimum Gasteiger partial charge on any atom is -0.466 e. The van der Waals surface area contributed by atoms with Gasteiger partial charge in [-0.25, -0.2) is 9.59 Å². The largest absolute Gasteiger partial charge is 0.509 e. The number of hydrogen-bond acceptors (Lipinski definition) is 10. The Morgan fingerprint density at radius 3 is 1.74 bits per heavy atom. The van der Waals surface area contributed by atoms with E-state index in [0.29, 0.717) is 19.4 Å². The quantitative estimate of drug-likeness (QED) is 0.0344. The summed E-state index contributed by atoms with van der Waals surface area (Å²) in [5.74, 6) is -1.37. The molecule has 0 spiro atoms. The van der Waals surface area contributed by atoms with Crippen molar-refractivity contribution in [3.8, 4) is 0 Å². The Morgan fingerprint density at radius 2 is 1.23 bits per heavy atom. The molecule has 334 valence electrons. The fraction of sp³-hybridized carbons (Fsp3) is 0.451. The van der Waals surface area contributed by atoms with E-state index in [1.54, 1.807) is 13.8 Å². The van der Waals surface area contributed by atoms with Crippen LogP contribution in [-0.4, -0.2) is 80.0 Å². The second kappa shape index (κ2) is 22.1. The van der Waals surface area contributed by atoms with Crippen molar-refractivity contribution >= 4 is 30.8 Å². The third kappa shape index (κ3) is 12.5. The van der Waals surface area contributed by atoms with E-state index in [-0.39, 0.29) is 18.3 Å². The number of benzene rings is 4. The first-order chi connectivity index (χ1) is 29.6. The number of methoxy groups -OCH3 is 1. The van der Waals surface area contributed by atoms with E-state index in [9.17, 15) is 19.8 Å². The van der Waals surface area contributed by atoms with E-state index in [4.69, 9.17) is 28.1 Å². The van der Waals surface area contributed by atoms with Crippen molar-refractivity contribution in [2.75, 3.05) is 13.7 Å². The second-order valence-corrected chi connectivity index (χ2v) is 22.1. The molecule has 0 amide bonds. The summed E-state index contributed by atoms with van der Waals surface area (Å²) in [6, 6.07) is 40.5. The first-order valence-corrected chi connectivity index (χ1v) is 23.6. The predicted octanol–water partition coefficient (Wildman–Crippen LogP) is 8.46. The Morgan fingerprint density at radius 1 is 0.726 bits per heavy atom. The smallest absolute Gasteiger partial charge is 0.466 e. The Bertz CT molecular complexity index is 1940. The van der Waals surface area contributed by atoms with E-state index in [2.05, 4.69) is 69.3 Å². The Hall–Kier alpha value is -4.62. The molecule has 1 aliphatic rings. The maximum atomic E-state index is 13.2. The predicted molar refractivity (Wildman–Crippen MR) is 243 cm³/mol. The number of esters is 1. The molecular weight excluding hydrogens is 801 g/mol. The van der Waals surface area contributed by atoms with Crippen molar-refractivity contribution in [2.24, 2.45) is 5.92 Å². The summed E-state index contributed by atoms with van der Waals surface area (Å²) in [6.45, 7) is 12.7. The summed E-state index contributed by atoms with van der Waals surface area (Å²) < 4.78 is 36.7. The molecule has 0 aromatic heterocycles. The van der Waals surface area contributed by atoms with E-state index in [1.807, 2.05) is 72.8 Å². The van der Waals surface area contributed by atoms with Crippen LogP contribution >= 0.6 is 0 Å². The summed E-state index contributed by atoms with van der Waals surface area (Å²) >= 11 is 0. The summed E-state index contributed by atoms with van der Waals surface area (Å²) in [6.07, 6.45) is 0.745. The molecule has 1 heterocycles. The molecule has 1 fully saturated rings. The summed E-state index contributed by atoms with van der Waals surface area (Å²) in [5, 5.41) is 26.5. The molecule has 5 rings (SSSR count). The van der Waals surface area contributed by atoms with E-state index in [1.165, 1.54) is 30.5 Å². The van der Waals surface area contributed by atoms with Crippen molar-refractivity contribution in [1.29, 1.82) is 0 Å². The van der Waals surface area contributed by atoms with E-state index >= 15 is 0 Å². The van der Waals surface area contributed by atoms with Crippen molar-refractivity contribution in [1.82, 2.24) is 0 Å². The van der Waals surface area contributed by atoms with Crippen LogP contribution in [0, 0.1) is 5.92 Å². The average Bonchev–Trinajstić information content (AvgIpc) is 3.26. The van der Waals surface area contributed by atoms with Gasteiger partial charge in [-0.3, -0.25) is 0 Å². The van der Waals surface area contributed by atoms with Gasteiger partial charge < -0.3 is 38.3 Å². The van der Waals surface area contributed by atoms with Gasteiger partial charge in [-0.1, -0.05) is 168 Å². The van der Waals surface area contributed by atoms with Gasteiger partial charge in [0.05, 0.1) is 25.9 Å². The molecule has 11 heteroatoms. The Labute approximate surface area is 369 Å². The van der Waals surface area contributed by atoms with Crippen LogP contribution in [0.4, 0.5) is 4.79 Å². The highest BCUT2D eigenvalue weighted by Gasteiger charge is 2.54. The van der Waals surface area contributed by atoms with E-state index in [0.717, 1.165) is 36.5 Å². The molecule has 1 saturated heterocycles. The third-order valence-corrected chi connectivity index (χ3v) is 16.9. The van der Waals surface area contributed by atoms with Crippen LogP contribution in [0.5, 0.6) is 0 Å². The SMILES string of the molecule is COC(=O)/C=C/C(C)(O)[C@H]1OC(=O)O[C@@H]([C@@H](OCc2ccccc2)[C@@H](OCc2ccccc2)[C@](C)(O)CCCCCCO[Si](c2ccccc2)(c2ccccc2)C(C)(C)C)[C@H]1C. The number of carbonyl (C=O) groups is 2. The van der Waals surface area contributed by atoms with Gasteiger partial charge in [0.15, 0.2) is 0 Å². The third-order valence-electron chi connectivity index (χ3n) is 11.9. The van der Waals surface area contributed by atoms with Gasteiger partial charge in [0, 0.05) is 18.6 Å². The molecule has 4 aromatic carbocycles. The Balaban J connectivity index is 1.36. The van der Waals surface area contributed by atoms with Gasteiger partial charge in [0.25, 0.3) is 8.32 Å². The number of aliphatic hydroxyl groups is 2. The highest BCUT2D eigenvalue weighted by Crippen LogP contribution is 2.39. The molecule has 0 bridgehead atoms. The maximum absolute atomic E-state index is 13.2. The fourth-order valence-electron chi connectivity index (χ4n) is 8.62. The molecule has 62 heavy (non-hydrogen) atoms. The number of unbranched alkanes of at least 4 members (excludes halogenated alkanes) is 3. The van der Waals surface area contributed by atoms with Crippen LogP contribution in [0.2, 0.25) is 5.04 Å². The molecule has 0 saturated carbocycles. The van der Waals surface area contributed by atoms with Crippen LogP contribution < -0.4 is 10.4 Å². The minimum absolute atomic E-state index is 0.117. The maximum Gasteiger partial charge on any atom is 0.509 e. The standard InChI is InChI=1S/C51H66O10Si/c1-38-44(60-48(53)61-46(38)51(6,55)34-32-43(52)56-7)45(57-36-39-24-14-10-15-25-39)47(58-37-40-26-16-11-17-27-40)50(5,54)33-22-8-9-23-35-59-62(49(2,3)4,41-28-18-12-19-29-41)42-30-20-13-21-31-42/h10-21,24-32,34,38,44-47,54-55H,8-9,22-23,33,35-37H2,1-7H3/b34-32+/t38-,44-,45-,46+,47-,50-,51?/m1/s1. The number of ether oxygens (including phenoxy) is 5. The van der Waals surface area contributed by atoms with Crippen LogP contribution in [0.1, 0.15) is 84.8 Å². The topological polar surface area (TPSA) is 130 Å². The molecule has 10 nitrogen and oxygen atoms in total. The second-order valence-electron chi connectivity index (χ2n) is 17.8. The van der Waals surface area contributed by atoms with Crippen molar-refractivity contribution in [3.05, 3.63) is 145 Å². The van der Waals surface area contributed by atoms with Crippen LogP contribution in [-0.2, 0) is 46.1 Å². The van der Waals surface area contributed by atoms with Gasteiger partial charge in [0.1, 0.15) is 30.0 Å². The van der Waals surface area contributed by atoms with E-state index < -0.39 is 62.0 Å². The highest BCUT2D eigenvalue weighted by atomic mass is 28.4. The lowest BCUT2D eigenvalue weighted by Gasteiger charge is -2.47. The first kappa shape index (κ1) is 48.4. The van der Waals surface area contributed by atoms with Crippen LogP contribution in [0.3, 0.4) is 0 Å².